The Bertz CT molecular complexity index is 660. The van der Waals surface area contributed by atoms with Crippen LogP contribution in [-0.4, -0.2) is 20.6 Å². The molecule has 0 saturated heterocycles. The summed E-state index contributed by atoms with van der Waals surface area (Å²) in [5, 5.41) is 9.47. The van der Waals surface area contributed by atoms with Crippen LogP contribution in [0.5, 0.6) is 0 Å². The van der Waals surface area contributed by atoms with E-state index in [4.69, 9.17) is 28.9 Å². The van der Waals surface area contributed by atoms with E-state index in [2.05, 4.69) is 4.98 Å². The lowest BCUT2D eigenvalue weighted by molar-refractivity contribution is -0.136. The number of aryl methyl sites for hydroxylation is 1. The van der Waals surface area contributed by atoms with Crippen LogP contribution in [-0.2, 0) is 11.2 Å². The summed E-state index contributed by atoms with van der Waals surface area (Å²) in [6, 6.07) is 7.18. The molecule has 0 aliphatic carbocycles. The van der Waals surface area contributed by atoms with E-state index in [1.807, 2.05) is 12.1 Å². The van der Waals surface area contributed by atoms with Gasteiger partial charge in [-0.3, -0.25) is 9.36 Å². The number of benzene rings is 1. The number of hydrogen-bond donors (Lipinski definition) is 2. The molecule has 1 aromatic heterocycles. The monoisotopic (exact) mass is 282 g/mol. The number of rotatable bonds is 3. The highest BCUT2D eigenvalue weighted by Gasteiger charge is 2.15. The normalized spacial score (nSPS) is 10.6. The lowest BCUT2D eigenvalue weighted by Gasteiger charge is -2.09. The van der Waals surface area contributed by atoms with E-state index in [-0.39, 0.29) is 6.42 Å². The molecule has 4 nitrogen and oxygen atoms in total. The number of nitrogens with zero attached hydrogens (tertiary/aromatic N) is 1. The van der Waals surface area contributed by atoms with Gasteiger partial charge >= 0.3 is 5.97 Å². The second-order valence-corrected chi connectivity index (χ2v) is 4.65. The summed E-state index contributed by atoms with van der Waals surface area (Å²) in [6.07, 6.45) is -0.107. The summed E-state index contributed by atoms with van der Waals surface area (Å²) in [5.41, 5.74) is 2.03. The third-order valence-corrected chi connectivity index (χ3v) is 3.22. The SMILES string of the molecule is Cc1[nH]c(=S)n(-c2ccccc2Cl)c1CC(=O)O. The first kappa shape index (κ1) is 12.9. The van der Waals surface area contributed by atoms with Crippen molar-refractivity contribution < 1.29 is 9.90 Å². The molecule has 0 fully saturated rings. The number of imidazole rings is 1. The second kappa shape index (κ2) is 4.96. The minimum absolute atomic E-state index is 0.107. The van der Waals surface area contributed by atoms with Gasteiger partial charge < -0.3 is 10.1 Å². The van der Waals surface area contributed by atoms with Crippen molar-refractivity contribution in [1.82, 2.24) is 9.55 Å². The van der Waals surface area contributed by atoms with Crippen molar-refractivity contribution in [2.75, 3.05) is 0 Å². The maximum Gasteiger partial charge on any atom is 0.309 e. The lowest BCUT2D eigenvalue weighted by Crippen LogP contribution is -2.08. The van der Waals surface area contributed by atoms with Gasteiger partial charge in [0.15, 0.2) is 4.77 Å². The van der Waals surface area contributed by atoms with Crippen molar-refractivity contribution in [2.45, 2.75) is 13.3 Å². The van der Waals surface area contributed by atoms with Crippen LogP contribution in [0.2, 0.25) is 5.02 Å². The third-order valence-electron chi connectivity index (χ3n) is 2.61. The standard InChI is InChI=1S/C12H11ClN2O2S/c1-7-10(6-11(16)17)15(12(18)14-7)9-5-3-2-4-8(9)13/h2-5H,6H2,1H3,(H,14,18)(H,16,17). The number of carbonyl (C=O) groups is 1. The molecule has 0 amide bonds. The first-order chi connectivity index (χ1) is 8.50. The van der Waals surface area contributed by atoms with Crippen molar-refractivity contribution in [3.05, 3.63) is 45.4 Å². The van der Waals surface area contributed by atoms with Gasteiger partial charge in [-0.25, -0.2) is 0 Å². The fourth-order valence-corrected chi connectivity index (χ4v) is 2.40. The number of nitrogens with one attached hydrogen (secondary N) is 1. The van der Waals surface area contributed by atoms with E-state index in [0.717, 1.165) is 5.69 Å². The Hall–Kier alpha value is -1.59. The molecule has 0 aliphatic rings. The molecule has 1 heterocycles. The molecule has 1 aromatic carbocycles. The molecule has 2 N–H and O–H groups in total. The number of hydrogen-bond acceptors (Lipinski definition) is 2. The minimum atomic E-state index is -0.909. The Balaban J connectivity index is 2.67. The lowest BCUT2D eigenvalue weighted by atomic mass is 10.2. The van der Waals surface area contributed by atoms with Gasteiger partial charge in [0, 0.05) is 5.69 Å². The average Bonchev–Trinajstić information content (AvgIpc) is 2.55. The molecular formula is C12H11ClN2O2S. The van der Waals surface area contributed by atoms with E-state index in [1.54, 1.807) is 23.6 Å². The average molecular weight is 283 g/mol. The Labute approximate surface area is 114 Å². The number of carboxylic acid groups (broad SMARTS) is 1. The molecule has 2 aromatic rings. The van der Waals surface area contributed by atoms with Crippen LogP contribution in [0, 0.1) is 11.7 Å². The maximum absolute atomic E-state index is 10.9. The van der Waals surface area contributed by atoms with Crippen LogP contribution in [0.25, 0.3) is 5.69 Å². The molecule has 0 spiro atoms. The number of aliphatic carboxylic acids is 1. The Morgan fingerprint density at radius 2 is 2.17 bits per heavy atom. The van der Waals surface area contributed by atoms with Crippen LogP contribution >= 0.6 is 23.8 Å². The maximum atomic E-state index is 10.9. The van der Waals surface area contributed by atoms with Gasteiger partial charge in [0.2, 0.25) is 0 Å². The van der Waals surface area contributed by atoms with Gasteiger partial charge in [-0.05, 0) is 31.3 Å². The van der Waals surface area contributed by atoms with Crippen molar-refractivity contribution in [3.8, 4) is 5.69 Å². The summed E-state index contributed by atoms with van der Waals surface area (Å²) < 4.78 is 2.11. The Kier molecular flexibility index (Phi) is 3.54. The molecule has 0 atom stereocenters. The Morgan fingerprint density at radius 3 is 2.78 bits per heavy atom. The summed E-state index contributed by atoms with van der Waals surface area (Å²) in [7, 11) is 0. The number of halogens is 1. The number of para-hydroxylation sites is 1. The molecule has 0 bridgehead atoms. The first-order valence-corrected chi connectivity index (χ1v) is 6.06. The summed E-state index contributed by atoms with van der Waals surface area (Å²) in [4.78, 5) is 13.9. The van der Waals surface area contributed by atoms with Crippen LogP contribution in [0.1, 0.15) is 11.4 Å². The first-order valence-electron chi connectivity index (χ1n) is 5.28. The third kappa shape index (κ3) is 2.32. The Morgan fingerprint density at radius 1 is 1.50 bits per heavy atom. The highest BCUT2D eigenvalue weighted by atomic mass is 35.5. The fourth-order valence-electron chi connectivity index (χ4n) is 1.82. The molecule has 0 saturated carbocycles. The largest absolute Gasteiger partial charge is 0.481 e. The van der Waals surface area contributed by atoms with E-state index < -0.39 is 5.97 Å². The van der Waals surface area contributed by atoms with E-state index >= 15 is 0 Å². The summed E-state index contributed by atoms with van der Waals surface area (Å²) in [5.74, 6) is -0.909. The van der Waals surface area contributed by atoms with Gasteiger partial charge in [-0.15, -0.1) is 0 Å². The summed E-state index contributed by atoms with van der Waals surface area (Å²) >= 11 is 11.3. The van der Waals surface area contributed by atoms with Crippen LogP contribution in [0.3, 0.4) is 0 Å². The van der Waals surface area contributed by atoms with Crippen LogP contribution in [0.15, 0.2) is 24.3 Å². The topological polar surface area (TPSA) is 58.0 Å². The molecule has 94 valence electrons. The van der Waals surface area contributed by atoms with E-state index in [9.17, 15) is 4.79 Å². The molecule has 0 aliphatic heterocycles. The molecular weight excluding hydrogens is 272 g/mol. The molecule has 6 heteroatoms. The molecule has 0 unspecified atom stereocenters. The van der Waals surface area contributed by atoms with E-state index in [0.29, 0.717) is 21.2 Å². The molecule has 0 radical (unpaired) electrons. The summed E-state index contributed by atoms with van der Waals surface area (Å²) in [6.45, 7) is 1.79. The second-order valence-electron chi connectivity index (χ2n) is 3.86. The minimum Gasteiger partial charge on any atom is -0.481 e. The van der Waals surface area contributed by atoms with Gasteiger partial charge in [-0.2, -0.15) is 0 Å². The number of carboxylic acids is 1. The predicted molar refractivity (Wildman–Crippen MR) is 72.0 cm³/mol. The number of H-pyrrole nitrogens is 1. The van der Waals surface area contributed by atoms with E-state index in [1.165, 1.54) is 0 Å². The zero-order chi connectivity index (χ0) is 13.3. The smallest absolute Gasteiger partial charge is 0.309 e. The van der Waals surface area contributed by atoms with Gasteiger partial charge in [-0.1, -0.05) is 23.7 Å². The van der Waals surface area contributed by atoms with Crippen molar-refractivity contribution in [2.24, 2.45) is 0 Å². The van der Waals surface area contributed by atoms with Crippen molar-refractivity contribution in [1.29, 1.82) is 0 Å². The van der Waals surface area contributed by atoms with Crippen LogP contribution < -0.4 is 0 Å². The van der Waals surface area contributed by atoms with Gasteiger partial charge in [0.25, 0.3) is 0 Å². The fraction of sp³-hybridized carbons (Fsp3) is 0.167. The highest BCUT2D eigenvalue weighted by Crippen LogP contribution is 2.23. The van der Waals surface area contributed by atoms with Crippen LogP contribution in [0.4, 0.5) is 0 Å². The number of aromatic nitrogens is 2. The van der Waals surface area contributed by atoms with Gasteiger partial charge in [0.05, 0.1) is 22.8 Å². The van der Waals surface area contributed by atoms with Crippen molar-refractivity contribution in [3.63, 3.8) is 0 Å². The quantitative estimate of drug-likeness (QED) is 0.851. The zero-order valence-electron chi connectivity index (χ0n) is 9.61. The highest BCUT2D eigenvalue weighted by molar-refractivity contribution is 7.71. The van der Waals surface area contributed by atoms with Gasteiger partial charge in [0.1, 0.15) is 0 Å². The predicted octanol–water partition coefficient (Wildman–Crippen LogP) is 3.12. The molecule has 2 rings (SSSR count). The zero-order valence-corrected chi connectivity index (χ0v) is 11.2. The van der Waals surface area contributed by atoms with Crippen molar-refractivity contribution >= 4 is 29.8 Å². The molecule has 18 heavy (non-hydrogen) atoms. The number of aromatic amines is 1.